The minimum absolute atomic E-state index is 0.0362. The summed E-state index contributed by atoms with van der Waals surface area (Å²) < 4.78 is 0. The Bertz CT molecular complexity index is 604. The summed E-state index contributed by atoms with van der Waals surface area (Å²) in [6.07, 6.45) is 0. The minimum Gasteiger partial charge on any atom is -0.506 e. The van der Waals surface area contributed by atoms with E-state index in [0.717, 1.165) is 5.56 Å². The number of nitrogens with one attached hydrogen (secondary N) is 2. The van der Waals surface area contributed by atoms with Gasteiger partial charge in [-0.25, -0.2) is 4.79 Å². The van der Waals surface area contributed by atoms with Crippen molar-refractivity contribution < 1.29 is 9.90 Å². The molecule has 0 saturated carbocycles. The van der Waals surface area contributed by atoms with E-state index in [0.29, 0.717) is 16.4 Å². The molecule has 0 aliphatic carbocycles. The number of urea groups is 1. The van der Waals surface area contributed by atoms with Gasteiger partial charge in [0.25, 0.3) is 0 Å². The van der Waals surface area contributed by atoms with E-state index < -0.39 is 6.03 Å². The summed E-state index contributed by atoms with van der Waals surface area (Å²) in [6.45, 7) is 1.85. The normalized spacial score (nSPS) is 10.2. The molecular weight excluding hydrogens is 299 g/mol. The Morgan fingerprint density at radius 3 is 2.20 bits per heavy atom. The molecule has 2 aromatic rings. The fraction of sp³-hybridized carbons (Fsp3) is 0.0714. The fourth-order valence-electron chi connectivity index (χ4n) is 1.60. The Labute approximate surface area is 126 Å². The van der Waals surface area contributed by atoms with Crippen molar-refractivity contribution in [2.75, 3.05) is 10.6 Å². The Hall–Kier alpha value is -1.91. The van der Waals surface area contributed by atoms with E-state index in [1.54, 1.807) is 24.3 Å². The number of aryl methyl sites for hydroxylation is 1. The van der Waals surface area contributed by atoms with Crippen LogP contribution in [0, 0.1) is 6.92 Å². The number of halogens is 2. The molecule has 2 rings (SSSR count). The summed E-state index contributed by atoms with van der Waals surface area (Å²) in [5, 5.41) is 15.4. The number of hydrogen-bond acceptors (Lipinski definition) is 2. The largest absolute Gasteiger partial charge is 0.506 e. The summed E-state index contributed by atoms with van der Waals surface area (Å²) in [5.74, 6) is -0.0362. The van der Waals surface area contributed by atoms with Crippen molar-refractivity contribution in [2.24, 2.45) is 0 Å². The van der Waals surface area contributed by atoms with Crippen molar-refractivity contribution >= 4 is 40.6 Å². The van der Waals surface area contributed by atoms with E-state index in [9.17, 15) is 9.90 Å². The number of phenols is 1. The quantitative estimate of drug-likeness (QED) is 0.707. The van der Waals surface area contributed by atoms with Crippen molar-refractivity contribution in [1.29, 1.82) is 0 Å². The molecular formula is C14H12Cl2N2O2. The molecule has 0 aromatic heterocycles. The van der Waals surface area contributed by atoms with Crippen molar-refractivity contribution in [1.82, 2.24) is 0 Å². The molecule has 6 heteroatoms. The van der Waals surface area contributed by atoms with Crippen LogP contribution in [0.15, 0.2) is 36.4 Å². The lowest BCUT2D eigenvalue weighted by Crippen LogP contribution is -2.19. The predicted octanol–water partition coefficient (Wildman–Crippen LogP) is 4.65. The third-order valence-corrected chi connectivity index (χ3v) is 3.35. The molecule has 3 N–H and O–H groups in total. The SMILES string of the molecule is Cc1cc(NC(=O)Nc2ccc(O)c(Cl)c2)ccc1Cl. The van der Waals surface area contributed by atoms with Gasteiger partial charge in [-0.3, -0.25) is 0 Å². The molecule has 0 spiro atoms. The second-order valence-corrected chi connectivity index (χ2v) is 5.02. The van der Waals surface area contributed by atoms with Gasteiger partial charge in [0.1, 0.15) is 5.75 Å². The summed E-state index contributed by atoms with van der Waals surface area (Å²) in [6, 6.07) is 9.20. The van der Waals surface area contributed by atoms with Gasteiger partial charge >= 0.3 is 6.03 Å². The van der Waals surface area contributed by atoms with Gasteiger partial charge in [-0.1, -0.05) is 23.2 Å². The number of anilines is 2. The number of rotatable bonds is 2. The summed E-state index contributed by atoms with van der Waals surface area (Å²) in [4.78, 5) is 11.8. The molecule has 0 aliphatic heterocycles. The van der Waals surface area contributed by atoms with Crippen LogP contribution in [0.3, 0.4) is 0 Å². The molecule has 0 atom stereocenters. The van der Waals surface area contributed by atoms with Crippen molar-refractivity contribution in [3.05, 3.63) is 52.0 Å². The van der Waals surface area contributed by atoms with Gasteiger partial charge in [0.15, 0.2) is 0 Å². The molecule has 0 aliphatic rings. The number of benzene rings is 2. The third-order valence-electron chi connectivity index (χ3n) is 2.62. The number of hydrogen-bond donors (Lipinski definition) is 3. The number of phenolic OH excluding ortho intramolecular Hbond substituents is 1. The molecule has 104 valence electrons. The smallest absolute Gasteiger partial charge is 0.323 e. The van der Waals surface area contributed by atoms with Crippen LogP contribution in [-0.4, -0.2) is 11.1 Å². The Morgan fingerprint density at radius 1 is 1.00 bits per heavy atom. The summed E-state index contributed by atoms with van der Waals surface area (Å²) >= 11 is 11.7. The number of carbonyl (C=O) groups is 1. The molecule has 2 aromatic carbocycles. The zero-order valence-corrected chi connectivity index (χ0v) is 12.1. The maximum absolute atomic E-state index is 11.8. The molecule has 0 saturated heterocycles. The van der Waals surface area contributed by atoms with Crippen LogP contribution in [0.1, 0.15) is 5.56 Å². The summed E-state index contributed by atoms with van der Waals surface area (Å²) in [7, 11) is 0. The lowest BCUT2D eigenvalue weighted by Gasteiger charge is -2.09. The average Bonchev–Trinajstić information content (AvgIpc) is 2.38. The first-order valence-electron chi connectivity index (χ1n) is 5.78. The van der Waals surface area contributed by atoms with Gasteiger partial charge in [0.2, 0.25) is 0 Å². The Kier molecular flexibility index (Phi) is 4.37. The summed E-state index contributed by atoms with van der Waals surface area (Å²) in [5.41, 5.74) is 1.99. The maximum Gasteiger partial charge on any atom is 0.323 e. The highest BCUT2D eigenvalue weighted by Crippen LogP contribution is 2.26. The first kappa shape index (κ1) is 14.5. The number of carbonyl (C=O) groups excluding carboxylic acids is 1. The third kappa shape index (κ3) is 3.56. The van der Waals surface area contributed by atoms with E-state index in [-0.39, 0.29) is 10.8 Å². The van der Waals surface area contributed by atoms with Gasteiger partial charge in [-0.2, -0.15) is 0 Å². The van der Waals surface area contributed by atoms with Crippen molar-refractivity contribution in [2.45, 2.75) is 6.92 Å². The van der Waals surface area contributed by atoms with E-state index in [2.05, 4.69) is 10.6 Å². The highest BCUT2D eigenvalue weighted by Gasteiger charge is 2.06. The molecule has 0 unspecified atom stereocenters. The van der Waals surface area contributed by atoms with Gasteiger partial charge in [0.05, 0.1) is 5.02 Å². The van der Waals surface area contributed by atoms with Crippen LogP contribution in [0.2, 0.25) is 10.0 Å². The average molecular weight is 311 g/mol. The molecule has 0 radical (unpaired) electrons. The molecule has 0 bridgehead atoms. The zero-order valence-electron chi connectivity index (χ0n) is 10.6. The van der Waals surface area contributed by atoms with E-state index in [1.165, 1.54) is 12.1 Å². The first-order chi connectivity index (χ1) is 9.45. The number of aromatic hydroxyl groups is 1. The lowest BCUT2D eigenvalue weighted by molar-refractivity contribution is 0.262. The molecule has 20 heavy (non-hydrogen) atoms. The topological polar surface area (TPSA) is 61.4 Å². The van der Waals surface area contributed by atoms with Crippen LogP contribution in [0.25, 0.3) is 0 Å². The highest BCUT2D eigenvalue weighted by molar-refractivity contribution is 6.32. The molecule has 2 amide bonds. The first-order valence-corrected chi connectivity index (χ1v) is 6.54. The van der Waals surface area contributed by atoms with Gasteiger partial charge in [-0.15, -0.1) is 0 Å². The highest BCUT2D eigenvalue weighted by atomic mass is 35.5. The van der Waals surface area contributed by atoms with E-state index in [4.69, 9.17) is 23.2 Å². The maximum atomic E-state index is 11.8. The van der Waals surface area contributed by atoms with Crippen LogP contribution in [-0.2, 0) is 0 Å². The Morgan fingerprint density at radius 2 is 1.60 bits per heavy atom. The van der Waals surface area contributed by atoms with Gasteiger partial charge in [0, 0.05) is 16.4 Å². The van der Waals surface area contributed by atoms with E-state index >= 15 is 0 Å². The molecule has 4 nitrogen and oxygen atoms in total. The van der Waals surface area contributed by atoms with Crippen LogP contribution >= 0.6 is 23.2 Å². The minimum atomic E-state index is -0.409. The molecule has 0 heterocycles. The van der Waals surface area contributed by atoms with Gasteiger partial charge < -0.3 is 15.7 Å². The fourth-order valence-corrected chi connectivity index (χ4v) is 1.90. The van der Waals surface area contributed by atoms with Crippen LogP contribution in [0.5, 0.6) is 5.75 Å². The van der Waals surface area contributed by atoms with Crippen LogP contribution in [0.4, 0.5) is 16.2 Å². The van der Waals surface area contributed by atoms with E-state index in [1.807, 2.05) is 6.92 Å². The van der Waals surface area contributed by atoms with Gasteiger partial charge in [-0.05, 0) is 48.9 Å². The second-order valence-electron chi connectivity index (χ2n) is 4.21. The number of amides is 2. The molecule has 0 fully saturated rings. The lowest BCUT2D eigenvalue weighted by atomic mass is 10.2. The monoisotopic (exact) mass is 310 g/mol. The van der Waals surface area contributed by atoms with Crippen LogP contribution < -0.4 is 10.6 Å². The predicted molar refractivity (Wildman–Crippen MR) is 81.9 cm³/mol. The van der Waals surface area contributed by atoms with Crippen molar-refractivity contribution in [3.8, 4) is 5.75 Å². The van der Waals surface area contributed by atoms with Crippen molar-refractivity contribution in [3.63, 3.8) is 0 Å². The zero-order chi connectivity index (χ0) is 14.7. The Balaban J connectivity index is 2.04. The standard InChI is InChI=1S/C14H12Cl2N2O2/c1-8-6-9(2-4-11(8)15)17-14(20)18-10-3-5-13(19)12(16)7-10/h2-7,19H,1H3,(H2,17,18,20). The second kappa shape index (κ2) is 6.03.